The first-order valence-electron chi connectivity index (χ1n) is 9.31. The molecular weight excluding hydrogens is 407 g/mol. The predicted molar refractivity (Wildman–Crippen MR) is 112 cm³/mol. The van der Waals surface area contributed by atoms with E-state index in [-0.39, 0.29) is 5.56 Å². The van der Waals surface area contributed by atoms with Crippen molar-refractivity contribution < 1.29 is 27.5 Å². The molecule has 0 fully saturated rings. The lowest BCUT2D eigenvalue weighted by Gasteiger charge is -2.07. The molecule has 0 aliphatic rings. The lowest BCUT2D eigenvalue weighted by atomic mass is 10.1. The van der Waals surface area contributed by atoms with E-state index < -0.39 is 17.7 Å². The third-order valence-corrected chi connectivity index (χ3v) is 4.73. The Morgan fingerprint density at radius 1 is 1.03 bits per heavy atom. The zero-order valence-corrected chi connectivity index (χ0v) is 16.3. The van der Waals surface area contributed by atoms with Gasteiger partial charge in [0.2, 0.25) is 0 Å². The Kier molecular flexibility index (Phi) is 5.10. The fraction of sp³-hybridized carbons (Fsp3) is 0.0833. The monoisotopic (exact) mass is 423 g/mol. The molecule has 4 nitrogen and oxygen atoms in total. The molecule has 2 aromatic heterocycles. The number of benzene rings is 2. The second kappa shape index (κ2) is 7.75. The first-order chi connectivity index (χ1) is 14.7. The number of nitrogens with zero attached hydrogens (tertiary/aromatic N) is 1. The van der Waals surface area contributed by atoms with Crippen molar-refractivity contribution >= 4 is 29.0 Å². The third-order valence-electron chi connectivity index (χ3n) is 4.73. The number of carbonyl (C=O) groups is 1. The molecule has 0 aliphatic carbocycles. The van der Waals surface area contributed by atoms with Gasteiger partial charge in [-0.1, -0.05) is 23.8 Å². The van der Waals surface area contributed by atoms with Gasteiger partial charge in [0.25, 0.3) is 0 Å². The summed E-state index contributed by atoms with van der Waals surface area (Å²) in [5.41, 5.74) is 1.59. The highest BCUT2D eigenvalue weighted by Gasteiger charge is 2.30. The highest BCUT2D eigenvalue weighted by Crippen LogP contribution is 2.33. The first kappa shape index (κ1) is 20.4. The van der Waals surface area contributed by atoms with Gasteiger partial charge in [-0.05, 0) is 61.5 Å². The Labute approximate surface area is 175 Å². The van der Waals surface area contributed by atoms with E-state index in [1.165, 1.54) is 18.2 Å². The van der Waals surface area contributed by atoms with Crippen LogP contribution < -0.4 is 0 Å². The maximum atomic E-state index is 12.9. The molecule has 1 N–H and O–H groups in total. The van der Waals surface area contributed by atoms with Crippen LogP contribution in [0, 0.1) is 6.92 Å². The highest BCUT2D eigenvalue weighted by molar-refractivity contribution is 6.03. The van der Waals surface area contributed by atoms with E-state index in [0.29, 0.717) is 33.7 Å². The molecule has 0 aliphatic heterocycles. The van der Waals surface area contributed by atoms with Gasteiger partial charge in [-0.15, -0.1) is 0 Å². The van der Waals surface area contributed by atoms with Gasteiger partial charge in [0.15, 0.2) is 0 Å². The van der Waals surface area contributed by atoms with Crippen LogP contribution in [0.3, 0.4) is 0 Å². The van der Waals surface area contributed by atoms with Crippen molar-refractivity contribution in [1.82, 2.24) is 4.98 Å². The van der Waals surface area contributed by atoms with Crippen molar-refractivity contribution in [2.24, 2.45) is 0 Å². The van der Waals surface area contributed by atoms with Gasteiger partial charge in [-0.3, -0.25) is 0 Å². The van der Waals surface area contributed by atoms with Crippen LogP contribution in [0.5, 0.6) is 0 Å². The maximum Gasteiger partial charge on any atom is 0.416 e. The minimum Gasteiger partial charge on any atom is -0.478 e. The normalized spacial score (nSPS) is 12.0. The second-order valence-electron chi connectivity index (χ2n) is 7.03. The highest BCUT2D eigenvalue weighted by atomic mass is 19.4. The summed E-state index contributed by atoms with van der Waals surface area (Å²) in [5, 5.41) is 10.1. The van der Waals surface area contributed by atoms with Gasteiger partial charge in [-0.25, -0.2) is 9.78 Å². The molecule has 0 saturated heterocycles. The number of hydrogen-bond donors (Lipinski definition) is 1. The summed E-state index contributed by atoms with van der Waals surface area (Å²) in [6, 6.07) is 14.9. The van der Waals surface area contributed by atoms with Crippen LogP contribution in [0.4, 0.5) is 13.2 Å². The Morgan fingerprint density at radius 2 is 1.84 bits per heavy atom. The summed E-state index contributed by atoms with van der Waals surface area (Å²) < 4.78 is 44.4. The van der Waals surface area contributed by atoms with Crippen LogP contribution in [0.2, 0.25) is 0 Å². The van der Waals surface area contributed by atoms with Crippen molar-refractivity contribution in [3.8, 4) is 11.3 Å². The van der Waals surface area contributed by atoms with Gasteiger partial charge in [0.05, 0.1) is 22.3 Å². The van der Waals surface area contributed by atoms with Crippen molar-refractivity contribution in [3.05, 3.63) is 88.8 Å². The van der Waals surface area contributed by atoms with Crippen molar-refractivity contribution in [1.29, 1.82) is 0 Å². The average Bonchev–Trinajstić information content (AvgIpc) is 3.20. The van der Waals surface area contributed by atoms with Crippen LogP contribution in [0.15, 0.2) is 65.1 Å². The Hall–Kier alpha value is -3.87. The number of aromatic carboxylic acids is 1. The summed E-state index contributed by atoms with van der Waals surface area (Å²) >= 11 is 0. The standard InChI is InChI=1S/C24H16F3NO3/c1-14-5-9-21-19(11-14)20(23(29)30)13-17(28-21)6-7-18-8-10-22(31-18)15-3-2-4-16(12-15)24(25,26)27/h2-13H,1H3,(H,29,30)/b7-6+. The van der Waals surface area contributed by atoms with Gasteiger partial charge in [0.1, 0.15) is 11.5 Å². The molecule has 0 amide bonds. The Morgan fingerprint density at radius 3 is 2.58 bits per heavy atom. The van der Waals surface area contributed by atoms with Crippen LogP contribution in [0.25, 0.3) is 34.4 Å². The largest absolute Gasteiger partial charge is 0.478 e. The van der Waals surface area contributed by atoms with E-state index in [4.69, 9.17) is 4.42 Å². The van der Waals surface area contributed by atoms with Crippen LogP contribution >= 0.6 is 0 Å². The number of alkyl halides is 3. The number of fused-ring (bicyclic) bond motifs is 1. The van der Waals surface area contributed by atoms with Crippen LogP contribution in [0.1, 0.15) is 32.9 Å². The zero-order chi connectivity index (χ0) is 22.2. The minimum absolute atomic E-state index is 0.137. The van der Waals surface area contributed by atoms with E-state index in [0.717, 1.165) is 17.7 Å². The van der Waals surface area contributed by atoms with Crippen molar-refractivity contribution in [3.63, 3.8) is 0 Å². The van der Waals surface area contributed by atoms with E-state index >= 15 is 0 Å². The smallest absolute Gasteiger partial charge is 0.416 e. The summed E-state index contributed by atoms with van der Waals surface area (Å²) in [6.45, 7) is 1.87. The average molecular weight is 423 g/mol. The third kappa shape index (κ3) is 4.35. The SMILES string of the molecule is Cc1ccc2nc(/C=C/c3ccc(-c4cccc(C(F)(F)F)c4)o3)cc(C(=O)O)c2c1. The topological polar surface area (TPSA) is 63.3 Å². The number of rotatable bonds is 4. The molecule has 7 heteroatoms. The number of aromatic nitrogens is 1. The fourth-order valence-corrected chi connectivity index (χ4v) is 3.24. The molecule has 0 radical (unpaired) electrons. The van der Waals surface area contributed by atoms with Gasteiger partial charge in [-0.2, -0.15) is 13.2 Å². The second-order valence-corrected chi connectivity index (χ2v) is 7.03. The molecule has 0 saturated carbocycles. The van der Waals surface area contributed by atoms with E-state index in [1.54, 1.807) is 36.4 Å². The van der Waals surface area contributed by atoms with E-state index in [1.807, 2.05) is 13.0 Å². The fourth-order valence-electron chi connectivity index (χ4n) is 3.24. The molecule has 31 heavy (non-hydrogen) atoms. The van der Waals surface area contributed by atoms with Crippen LogP contribution in [-0.4, -0.2) is 16.1 Å². The lowest BCUT2D eigenvalue weighted by Crippen LogP contribution is -2.04. The molecule has 4 aromatic rings. The summed E-state index contributed by atoms with van der Waals surface area (Å²) in [4.78, 5) is 16.1. The van der Waals surface area contributed by atoms with Crippen LogP contribution in [-0.2, 0) is 6.18 Å². The van der Waals surface area contributed by atoms with E-state index in [9.17, 15) is 23.1 Å². The number of pyridine rings is 1. The molecule has 4 rings (SSSR count). The van der Waals surface area contributed by atoms with Gasteiger partial charge < -0.3 is 9.52 Å². The number of carboxylic acids is 1. The Bertz CT molecular complexity index is 1320. The number of halogens is 3. The Balaban J connectivity index is 1.65. The number of carboxylic acid groups (broad SMARTS) is 1. The van der Waals surface area contributed by atoms with Crippen molar-refractivity contribution in [2.75, 3.05) is 0 Å². The summed E-state index contributed by atoms with van der Waals surface area (Å²) in [5.74, 6) is -0.369. The molecule has 2 aromatic carbocycles. The molecule has 0 atom stereocenters. The minimum atomic E-state index is -4.44. The molecule has 0 bridgehead atoms. The quantitative estimate of drug-likeness (QED) is 0.397. The van der Waals surface area contributed by atoms with E-state index in [2.05, 4.69) is 4.98 Å². The number of hydrogen-bond acceptors (Lipinski definition) is 3. The summed E-state index contributed by atoms with van der Waals surface area (Å²) in [6.07, 6.45) is -1.25. The maximum absolute atomic E-state index is 12.9. The molecule has 0 spiro atoms. The number of aryl methyl sites for hydroxylation is 1. The number of furan rings is 1. The molecule has 156 valence electrons. The predicted octanol–water partition coefficient (Wildman–Crippen LogP) is 6.69. The first-order valence-corrected chi connectivity index (χ1v) is 9.31. The summed E-state index contributed by atoms with van der Waals surface area (Å²) in [7, 11) is 0. The molecule has 0 unspecified atom stereocenters. The zero-order valence-electron chi connectivity index (χ0n) is 16.3. The van der Waals surface area contributed by atoms with Crippen molar-refractivity contribution in [2.45, 2.75) is 13.1 Å². The lowest BCUT2D eigenvalue weighted by molar-refractivity contribution is -0.137. The molecule has 2 heterocycles. The van der Waals surface area contributed by atoms with Gasteiger partial charge in [0, 0.05) is 10.9 Å². The molecular formula is C24H16F3NO3. The van der Waals surface area contributed by atoms with Gasteiger partial charge >= 0.3 is 12.1 Å².